The van der Waals surface area contributed by atoms with Crippen LogP contribution in [0.1, 0.15) is 54.6 Å². The summed E-state index contributed by atoms with van der Waals surface area (Å²) in [6.45, 7) is 6.98. The molecule has 0 aromatic heterocycles. The second kappa shape index (κ2) is 10.9. The Balaban J connectivity index is 1.51. The Hall–Kier alpha value is -4.11. The van der Waals surface area contributed by atoms with Gasteiger partial charge in [-0.2, -0.15) is 0 Å². The fourth-order valence-electron chi connectivity index (χ4n) is 10.9. The summed E-state index contributed by atoms with van der Waals surface area (Å²) in [5, 5.41) is 0. The molecule has 0 aliphatic heterocycles. The molecule has 0 saturated heterocycles. The molecule has 2 aliphatic rings. The van der Waals surface area contributed by atoms with Gasteiger partial charge >= 0.3 is 297 Å². The molecular weight excluding hydrogens is 783 g/mol. The van der Waals surface area contributed by atoms with Crippen LogP contribution in [-0.2, 0) is 27.0 Å². The molecule has 0 N–H and O–H groups in total. The zero-order valence-corrected chi connectivity index (χ0v) is 34.9. The van der Waals surface area contributed by atoms with E-state index in [1.54, 1.807) is 0 Å². The fourth-order valence-corrected chi connectivity index (χ4v) is 58.2. The maximum absolute atomic E-state index is 5.96. The quantitative estimate of drug-likeness (QED) is 0.134. The van der Waals surface area contributed by atoms with E-state index in [1.807, 2.05) is 0 Å². The van der Waals surface area contributed by atoms with Crippen molar-refractivity contribution in [1.29, 1.82) is 0 Å². The maximum atomic E-state index is 2.81. The average Bonchev–Trinajstić information content (AvgIpc) is 3.83. The third-order valence-electron chi connectivity index (χ3n) is 14.0. The number of hydrogen-bond acceptors (Lipinski definition) is 0. The molecular formula is C48H48HfSi. The van der Waals surface area contributed by atoms with Crippen LogP contribution in [0.5, 0.6) is 0 Å². The molecule has 0 saturated carbocycles. The fraction of sp³-hybridized carbons (Fsp3) is 0.167. The molecule has 2 heteroatoms. The van der Waals surface area contributed by atoms with Gasteiger partial charge in [0.15, 0.2) is 0 Å². The molecule has 0 fully saturated rings. The van der Waals surface area contributed by atoms with E-state index in [0.717, 1.165) is 12.8 Å². The Bertz CT molecular complexity index is 2320. The van der Waals surface area contributed by atoms with Gasteiger partial charge in [-0.05, 0) is 0 Å². The van der Waals surface area contributed by atoms with Gasteiger partial charge in [-0.15, -0.1) is 0 Å². The number of aryl methyl sites for hydroxylation is 2. The average molecular weight is 831 g/mol. The van der Waals surface area contributed by atoms with Crippen molar-refractivity contribution in [2.45, 2.75) is 43.4 Å². The molecule has 248 valence electrons. The van der Waals surface area contributed by atoms with Crippen molar-refractivity contribution in [3.8, 4) is 22.3 Å². The van der Waals surface area contributed by atoms with Crippen molar-refractivity contribution in [1.82, 2.24) is 0 Å². The molecule has 2 unspecified atom stereocenters. The van der Waals surface area contributed by atoms with Crippen molar-refractivity contribution >= 4 is 25.7 Å². The first-order valence-electron chi connectivity index (χ1n) is 18.5. The molecule has 2 aliphatic carbocycles. The van der Waals surface area contributed by atoms with E-state index in [0.29, 0.717) is 0 Å². The van der Waals surface area contributed by atoms with Crippen molar-refractivity contribution in [2.24, 2.45) is 0 Å². The Morgan fingerprint density at radius 2 is 0.800 bits per heavy atom. The van der Waals surface area contributed by atoms with E-state index in [1.165, 1.54) is 62.3 Å². The van der Waals surface area contributed by atoms with Gasteiger partial charge in [-0.1, -0.05) is 0 Å². The van der Waals surface area contributed by atoms with Crippen LogP contribution in [0.25, 0.3) is 34.4 Å². The molecule has 6 aromatic rings. The van der Waals surface area contributed by atoms with E-state index < -0.39 is 14.2 Å². The van der Waals surface area contributed by atoms with Crippen molar-refractivity contribution in [3.05, 3.63) is 191 Å². The van der Waals surface area contributed by atoms with Gasteiger partial charge in [0, 0.05) is 0 Å². The summed E-state index contributed by atoms with van der Waals surface area (Å²) >= 11 is -5.96. The van der Waals surface area contributed by atoms with Gasteiger partial charge in [0.2, 0.25) is 0 Å². The number of hydrogen-bond donors (Lipinski definition) is 0. The molecule has 0 amide bonds. The van der Waals surface area contributed by atoms with E-state index in [4.69, 9.17) is 0 Å². The number of fused-ring (bicyclic) bond motifs is 2. The van der Waals surface area contributed by atoms with Crippen molar-refractivity contribution in [2.75, 3.05) is 0 Å². The van der Waals surface area contributed by atoms with E-state index in [-0.39, 0.29) is 7.35 Å². The van der Waals surface area contributed by atoms with Crippen LogP contribution in [0.15, 0.2) is 158 Å². The predicted octanol–water partition coefficient (Wildman–Crippen LogP) is 11.0. The topological polar surface area (TPSA) is 0 Å². The van der Waals surface area contributed by atoms with Crippen LogP contribution in [0, 0.1) is 0 Å². The molecule has 0 radical (unpaired) electrons. The third kappa shape index (κ3) is 4.13. The zero-order valence-electron chi connectivity index (χ0n) is 29.9. The van der Waals surface area contributed by atoms with Crippen LogP contribution in [0.4, 0.5) is 0 Å². The standard InChI is InChI=1S/2C17H15.2C6H5.2CH3.Hf.H2Si/c2*1-2-13-7-3-4-10-15(13)17-12-6-9-14-8-5-11-16(14)17;2*1-2-4-6-5-3-1;;;;/h2*3-12H,2H2,1H3;2*1-5H;2*1H3;;1H2. The second-order valence-corrected chi connectivity index (χ2v) is 85.6. The van der Waals surface area contributed by atoms with Crippen LogP contribution in [0.3, 0.4) is 0 Å². The predicted molar refractivity (Wildman–Crippen MR) is 218 cm³/mol. The van der Waals surface area contributed by atoms with Crippen molar-refractivity contribution < 1.29 is 14.2 Å². The first-order chi connectivity index (χ1) is 24.1. The normalized spacial score (nSPS) is 18.4. The minimum atomic E-state index is -5.96. The molecule has 50 heavy (non-hydrogen) atoms. The third-order valence-corrected chi connectivity index (χ3v) is 71.1. The van der Waals surface area contributed by atoms with E-state index in [2.05, 4.69) is 200 Å². The molecule has 8 rings (SSSR count). The molecule has 0 bridgehead atoms. The summed E-state index contributed by atoms with van der Waals surface area (Å²) in [6, 6.07) is 55.7. The van der Waals surface area contributed by atoms with E-state index >= 15 is 0 Å². The van der Waals surface area contributed by atoms with Gasteiger partial charge in [-0.3, -0.25) is 0 Å². The summed E-state index contributed by atoms with van der Waals surface area (Å²) in [5.74, 6) is 0. The second-order valence-electron chi connectivity index (χ2n) is 17.0. The van der Waals surface area contributed by atoms with Crippen LogP contribution in [-0.4, -0.2) is 6.94 Å². The van der Waals surface area contributed by atoms with E-state index in [9.17, 15) is 0 Å². The van der Waals surface area contributed by atoms with Crippen molar-refractivity contribution in [3.63, 3.8) is 0 Å². The SMILES string of the molecule is CCc1ccccc1-c1cccc2c1C=C[CH]2[Hf]([CH3])([CH3])(=[SiH2])([c]1ccccc1)([c]1ccccc1)[CH]1C=Cc2c(-c3ccccc3CC)cccc21. The molecule has 0 nitrogen and oxygen atoms in total. The van der Waals surface area contributed by atoms with Gasteiger partial charge in [-0.25, -0.2) is 0 Å². The summed E-state index contributed by atoms with van der Waals surface area (Å²) in [7, 11) is 0. The van der Waals surface area contributed by atoms with Crippen LogP contribution in [0.2, 0.25) is 9.36 Å². The molecule has 0 spiro atoms. The molecule has 0 heterocycles. The number of benzene rings is 6. The van der Waals surface area contributed by atoms with Gasteiger partial charge < -0.3 is 0 Å². The summed E-state index contributed by atoms with van der Waals surface area (Å²) in [6.07, 6.45) is 12.2. The molecule has 6 aromatic carbocycles. The monoisotopic (exact) mass is 832 g/mol. The minimum absolute atomic E-state index is 0.179. The van der Waals surface area contributed by atoms with Crippen LogP contribution >= 0.6 is 0 Å². The Morgan fingerprint density at radius 3 is 1.20 bits per heavy atom. The summed E-state index contributed by atoms with van der Waals surface area (Å²) in [5.41, 5.74) is 13.9. The van der Waals surface area contributed by atoms with Crippen LogP contribution < -0.4 is 6.64 Å². The van der Waals surface area contributed by atoms with Gasteiger partial charge in [0.05, 0.1) is 0 Å². The summed E-state index contributed by atoms with van der Waals surface area (Å²) < 4.78 is 8.98. The van der Waals surface area contributed by atoms with Gasteiger partial charge in [0.25, 0.3) is 0 Å². The Kier molecular flexibility index (Phi) is 7.23. The summed E-state index contributed by atoms with van der Waals surface area (Å²) in [4.78, 5) is 0. The number of allylic oxidation sites excluding steroid dienone is 2. The Morgan fingerprint density at radius 1 is 0.440 bits per heavy atom. The first-order valence-corrected chi connectivity index (χ1v) is 41.8. The Labute approximate surface area is 294 Å². The van der Waals surface area contributed by atoms with Gasteiger partial charge in [0.1, 0.15) is 0 Å². The zero-order chi connectivity index (χ0) is 34.7. The number of rotatable bonds is 8. The molecule has 2 atom stereocenters. The first kappa shape index (κ1) is 33.1.